The fourth-order valence-corrected chi connectivity index (χ4v) is 3.88. The van der Waals surface area contributed by atoms with E-state index in [2.05, 4.69) is 25.9 Å². The minimum atomic E-state index is -0.200. The highest BCUT2D eigenvalue weighted by atomic mass is 127. The van der Waals surface area contributed by atoms with Gasteiger partial charge in [0.25, 0.3) is 0 Å². The molecule has 3 rings (SSSR count). The number of anilines is 1. The fourth-order valence-electron chi connectivity index (χ4n) is 2.97. The van der Waals surface area contributed by atoms with Crippen LogP contribution in [0.1, 0.15) is 24.1 Å². The standard InChI is InChI=1S/C19H26FN5S.HI/c1-21-18(22-10-8-15-4-6-16(20)7-5-15)23-11-9-17-14-26-19(24-17)25-12-2-3-13-25;/h4-7,14H,2-3,8-13H2,1H3,(H2,21,22,23);1H. The van der Waals surface area contributed by atoms with Gasteiger partial charge in [-0.3, -0.25) is 4.99 Å². The maximum absolute atomic E-state index is 12.9. The van der Waals surface area contributed by atoms with Crippen LogP contribution in [0.2, 0.25) is 0 Å². The van der Waals surface area contributed by atoms with Crippen molar-refractivity contribution in [2.75, 3.05) is 38.1 Å². The third kappa shape index (κ3) is 6.91. The van der Waals surface area contributed by atoms with Crippen molar-refractivity contribution in [1.29, 1.82) is 0 Å². The molecule has 0 unspecified atom stereocenters. The Kier molecular flexibility index (Phi) is 9.26. The van der Waals surface area contributed by atoms with Crippen molar-refractivity contribution < 1.29 is 4.39 Å². The zero-order valence-electron chi connectivity index (χ0n) is 15.6. The first kappa shape index (κ1) is 21.9. The van der Waals surface area contributed by atoms with Gasteiger partial charge < -0.3 is 15.5 Å². The monoisotopic (exact) mass is 503 g/mol. The van der Waals surface area contributed by atoms with E-state index in [0.717, 1.165) is 61.4 Å². The van der Waals surface area contributed by atoms with Gasteiger partial charge in [0.2, 0.25) is 0 Å². The third-order valence-corrected chi connectivity index (χ3v) is 5.38. The normalized spacial score (nSPS) is 14.1. The number of guanidine groups is 1. The summed E-state index contributed by atoms with van der Waals surface area (Å²) in [6, 6.07) is 6.61. The lowest BCUT2D eigenvalue weighted by Gasteiger charge is -2.12. The van der Waals surface area contributed by atoms with Gasteiger partial charge in [-0.1, -0.05) is 12.1 Å². The number of aliphatic imine (C=N–C) groups is 1. The molecule has 1 aliphatic heterocycles. The topological polar surface area (TPSA) is 52.6 Å². The van der Waals surface area contributed by atoms with Gasteiger partial charge in [0, 0.05) is 45.0 Å². The van der Waals surface area contributed by atoms with Gasteiger partial charge in [-0.2, -0.15) is 0 Å². The van der Waals surface area contributed by atoms with Crippen molar-refractivity contribution in [2.45, 2.75) is 25.7 Å². The Balaban J connectivity index is 0.00000261. The molecule has 1 saturated heterocycles. The summed E-state index contributed by atoms with van der Waals surface area (Å²) >= 11 is 1.74. The molecular formula is C19H27FIN5S. The largest absolute Gasteiger partial charge is 0.356 e. The molecule has 2 N–H and O–H groups in total. The molecule has 1 aromatic carbocycles. The van der Waals surface area contributed by atoms with Gasteiger partial charge in [0.15, 0.2) is 11.1 Å². The second-order valence-electron chi connectivity index (χ2n) is 6.37. The first-order valence-electron chi connectivity index (χ1n) is 9.13. The van der Waals surface area contributed by atoms with Gasteiger partial charge >= 0.3 is 0 Å². The van der Waals surface area contributed by atoms with Crippen LogP contribution in [0.15, 0.2) is 34.6 Å². The van der Waals surface area contributed by atoms with E-state index >= 15 is 0 Å². The summed E-state index contributed by atoms with van der Waals surface area (Å²) < 4.78 is 12.9. The summed E-state index contributed by atoms with van der Waals surface area (Å²) in [4.78, 5) is 11.4. The lowest BCUT2D eigenvalue weighted by atomic mass is 10.1. The number of hydrogen-bond donors (Lipinski definition) is 2. The number of thiazole rings is 1. The highest BCUT2D eigenvalue weighted by molar-refractivity contribution is 14.0. The summed E-state index contributed by atoms with van der Waals surface area (Å²) in [6.45, 7) is 3.81. The number of halogens is 2. The van der Waals surface area contributed by atoms with Gasteiger partial charge in [-0.05, 0) is 37.0 Å². The Labute approximate surface area is 181 Å². The molecule has 0 amide bonds. The lowest BCUT2D eigenvalue weighted by Crippen LogP contribution is -2.39. The molecule has 0 radical (unpaired) electrons. The zero-order chi connectivity index (χ0) is 18.2. The van der Waals surface area contributed by atoms with Crippen LogP contribution in [0.5, 0.6) is 0 Å². The van der Waals surface area contributed by atoms with Gasteiger partial charge in [0.05, 0.1) is 5.69 Å². The smallest absolute Gasteiger partial charge is 0.190 e. The maximum atomic E-state index is 12.9. The summed E-state index contributed by atoms with van der Waals surface area (Å²) in [5.41, 5.74) is 2.23. The Morgan fingerprint density at radius 3 is 2.48 bits per heavy atom. The van der Waals surface area contributed by atoms with Crippen molar-refractivity contribution >= 4 is 46.4 Å². The van der Waals surface area contributed by atoms with Crippen LogP contribution in [0.4, 0.5) is 9.52 Å². The van der Waals surface area contributed by atoms with Gasteiger partial charge in [-0.15, -0.1) is 35.3 Å². The predicted octanol–water partition coefficient (Wildman–Crippen LogP) is 3.45. The van der Waals surface area contributed by atoms with Crippen molar-refractivity contribution in [3.63, 3.8) is 0 Å². The van der Waals surface area contributed by atoms with E-state index in [1.807, 2.05) is 12.1 Å². The number of nitrogens with one attached hydrogen (secondary N) is 2. The molecule has 27 heavy (non-hydrogen) atoms. The fraction of sp³-hybridized carbons (Fsp3) is 0.474. The summed E-state index contributed by atoms with van der Waals surface area (Å²) in [5, 5.41) is 9.91. The highest BCUT2D eigenvalue weighted by Crippen LogP contribution is 2.24. The van der Waals surface area contributed by atoms with Crippen LogP contribution < -0.4 is 15.5 Å². The second-order valence-corrected chi connectivity index (χ2v) is 7.20. The predicted molar refractivity (Wildman–Crippen MR) is 122 cm³/mol. The van der Waals surface area contributed by atoms with Crippen LogP contribution in [0.25, 0.3) is 0 Å². The Bertz CT molecular complexity index is 713. The molecule has 2 heterocycles. The van der Waals surface area contributed by atoms with E-state index in [-0.39, 0.29) is 29.8 Å². The van der Waals surface area contributed by atoms with E-state index in [1.54, 1.807) is 18.4 Å². The minimum absolute atomic E-state index is 0. The van der Waals surface area contributed by atoms with Crippen molar-refractivity contribution in [3.05, 3.63) is 46.7 Å². The zero-order valence-corrected chi connectivity index (χ0v) is 18.7. The average Bonchev–Trinajstić information content (AvgIpc) is 3.33. The molecule has 8 heteroatoms. The third-order valence-electron chi connectivity index (χ3n) is 4.43. The minimum Gasteiger partial charge on any atom is -0.356 e. The van der Waals surface area contributed by atoms with E-state index < -0.39 is 0 Å². The molecule has 148 valence electrons. The molecule has 0 spiro atoms. The van der Waals surface area contributed by atoms with Crippen molar-refractivity contribution in [2.24, 2.45) is 4.99 Å². The van der Waals surface area contributed by atoms with Gasteiger partial charge in [0.1, 0.15) is 5.82 Å². The van der Waals surface area contributed by atoms with Crippen LogP contribution in [-0.4, -0.2) is 44.2 Å². The molecule has 0 aliphatic carbocycles. The molecule has 0 bridgehead atoms. The average molecular weight is 503 g/mol. The molecule has 1 aromatic heterocycles. The number of nitrogens with zero attached hydrogens (tertiary/aromatic N) is 3. The number of aromatic nitrogens is 1. The maximum Gasteiger partial charge on any atom is 0.190 e. The second kappa shape index (κ2) is 11.4. The van der Waals surface area contributed by atoms with Crippen LogP contribution in [0.3, 0.4) is 0 Å². The summed E-state index contributed by atoms with van der Waals surface area (Å²) in [7, 11) is 1.77. The van der Waals surface area contributed by atoms with E-state index in [1.165, 1.54) is 25.0 Å². The highest BCUT2D eigenvalue weighted by Gasteiger charge is 2.15. The number of benzene rings is 1. The molecular weight excluding hydrogens is 476 g/mol. The molecule has 0 atom stereocenters. The Morgan fingerprint density at radius 1 is 1.15 bits per heavy atom. The van der Waals surface area contributed by atoms with Crippen LogP contribution in [-0.2, 0) is 12.8 Å². The Hall–Kier alpha value is -1.42. The van der Waals surface area contributed by atoms with E-state index in [4.69, 9.17) is 4.98 Å². The number of hydrogen-bond acceptors (Lipinski definition) is 4. The Morgan fingerprint density at radius 2 is 1.81 bits per heavy atom. The SMILES string of the molecule is CN=C(NCCc1ccc(F)cc1)NCCc1csc(N2CCCC2)n1.I. The first-order valence-corrected chi connectivity index (χ1v) is 10.0. The molecule has 1 aliphatic rings. The molecule has 2 aromatic rings. The number of rotatable bonds is 7. The van der Waals surface area contributed by atoms with Crippen molar-refractivity contribution in [3.8, 4) is 0 Å². The van der Waals surface area contributed by atoms with Crippen LogP contribution >= 0.6 is 35.3 Å². The van der Waals surface area contributed by atoms with E-state index in [0.29, 0.717) is 0 Å². The van der Waals surface area contributed by atoms with E-state index in [9.17, 15) is 4.39 Å². The van der Waals surface area contributed by atoms with Crippen molar-refractivity contribution in [1.82, 2.24) is 15.6 Å². The molecule has 1 fully saturated rings. The van der Waals surface area contributed by atoms with Gasteiger partial charge in [-0.25, -0.2) is 9.37 Å². The first-order chi connectivity index (χ1) is 12.7. The summed E-state index contributed by atoms with van der Waals surface area (Å²) in [5.74, 6) is 0.580. The molecule has 0 saturated carbocycles. The lowest BCUT2D eigenvalue weighted by molar-refractivity contribution is 0.626. The van der Waals surface area contributed by atoms with Crippen LogP contribution in [0, 0.1) is 5.82 Å². The summed E-state index contributed by atoms with van der Waals surface area (Å²) in [6.07, 6.45) is 4.25. The molecule has 5 nitrogen and oxygen atoms in total. The quantitative estimate of drug-likeness (QED) is 0.346.